The summed E-state index contributed by atoms with van der Waals surface area (Å²) in [5, 5.41) is 4.79. The molecule has 2 amide bonds. The zero-order valence-corrected chi connectivity index (χ0v) is 18.7. The zero-order chi connectivity index (χ0) is 21.5. The number of hydrogen-bond acceptors (Lipinski definition) is 3. The molecule has 6 heteroatoms. The first-order valence-corrected chi connectivity index (χ1v) is 10.7. The van der Waals surface area contributed by atoms with Gasteiger partial charge in [0.2, 0.25) is 5.91 Å². The molecule has 0 fully saturated rings. The Bertz CT molecular complexity index is 1020. The van der Waals surface area contributed by atoms with Crippen molar-refractivity contribution in [1.82, 2.24) is 10.2 Å². The summed E-state index contributed by atoms with van der Waals surface area (Å²) in [6.45, 7) is 4.28. The van der Waals surface area contributed by atoms with Crippen LogP contribution < -0.4 is 10.1 Å². The number of likely N-dealkylation sites (N-methyl/N-ethyl adjacent to an activating group) is 1. The average molecular weight is 469 g/mol. The van der Waals surface area contributed by atoms with E-state index in [0.717, 1.165) is 20.8 Å². The van der Waals surface area contributed by atoms with Crippen LogP contribution in [0.15, 0.2) is 71.2 Å². The molecule has 0 aliphatic heterocycles. The molecule has 1 N–H and O–H groups in total. The molecule has 3 aromatic carbocycles. The molecule has 0 aliphatic carbocycles. The number of rotatable bonds is 8. The molecule has 0 saturated heterocycles. The fraction of sp³-hybridized carbons (Fsp3) is 0.250. The Labute approximate surface area is 185 Å². The molecule has 0 heterocycles. The first kappa shape index (κ1) is 21.8. The molecule has 0 unspecified atom stereocenters. The van der Waals surface area contributed by atoms with E-state index in [1.807, 2.05) is 73.7 Å². The van der Waals surface area contributed by atoms with Crippen molar-refractivity contribution in [2.24, 2.45) is 0 Å². The number of benzene rings is 3. The van der Waals surface area contributed by atoms with Crippen LogP contribution in [0.3, 0.4) is 0 Å². The van der Waals surface area contributed by atoms with Gasteiger partial charge < -0.3 is 15.0 Å². The Balaban J connectivity index is 1.78. The van der Waals surface area contributed by atoms with Crippen LogP contribution in [-0.4, -0.2) is 35.9 Å². The fourth-order valence-electron chi connectivity index (χ4n) is 3.24. The molecule has 0 aliphatic rings. The Morgan fingerprint density at radius 3 is 2.47 bits per heavy atom. The first-order chi connectivity index (χ1) is 14.5. The summed E-state index contributed by atoms with van der Waals surface area (Å²) < 4.78 is 6.84. The largest absolute Gasteiger partial charge is 0.483 e. The number of carbonyl (C=O) groups is 2. The molecule has 3 aromatic rings. The van der Waals surface area contributed by atoms with Crippen molar-refractivity contribution >= 4 is 38.5 Å². The Hall–Kier alpha value is -2.86. The third-order valence-electron chi connectivity index (χ3n) is 4.89. The highest BCUT2D eigenvalue weighted by atomic mass is 79.9. The van der Waals surface area contributed by atoms with Crippen molar-refractivity contribution in [3.05, 3.63) is 76.8 Å². The van der Waals surface area contributed by atoms with Gasteiger partial charge in [0.1, 0.15) is 11.8 Å². The maximum absolute atomic E-state index is 13.1. The summed E-state index contributed by atoms with van der Waals surface area (Å²) in [7, 11) is 0. The lowest BCUT2D eigenvalue weighted by atomic mass is 10.1. The molecule has 0 saturated carbocycles. The van der Waals surface area contributed by atoms with E-state index in [4.69, 9.17) is 4.74 Å². The molecule has 0 spiro atoms. The van der Waals surface area contributed by atoms with E-state index < -0.39 is 6.04 Å². The predicted molar refractivity (Wildman–Crippen MR) is 122 cm³/mol. The molecule has 1 atom stereocenters. The van der Waals surface area contributed by atoms with Crippen LogP contribution in [0.1, 0.15) is 19.4 Å². The standard InChI is InChI=1S/C24H25BrN2O3/c1-3-26-24(29)17(2)27(15-18-11-13-20(25)14-12-18)23(28)16-30-22-10-6-8-19-7-4-5-9-21(19)22/h4-14,17H,3,15-16H2,1-2H3,(H,26,29)/t17-/m0/s1. The van der Waals surface area contributed by atoms with Crippen LogP contribution in [0.5, 0.6) is 5.75 Å². The molecule has 3 rings (SSSR count). The molecule has 5 nitrogen and oxygen atoms in total. The van der Waals surface area contributed by atoms with Gasteiger partial charge in [-0.1, -0.05) is 64.5 Å². The lowest BCUT2D eigenvalue weighted by Gasteiger charge is -2.28. The number of ether oxygens (including phenoxy) is 1. The number of nitrogens with one attached hydrogen (secondary N) is 1. The summed E-state index contributed by atoms with van der Waals surface area (Å²) in [6.07, 6.45) is 0. The van der Waals surface area contributed by atoms with Crippen molar-refractivity contribution in [3.63, 3.8) is 0 Å². The summed E-state index contributed by atoms with van der Waals surface area (Å²) in [4.78, 5) is 27.1. The van der Waals surface area contributed by atoms with E-state index in [1.54, 1.807) is 11.8 Å². The second-order valence-corrected chi connectivity index (χ2v) is 7.90. The number of hydrogen-bond donors (Lipinski definition) is 1. The third kappa shape index (κ3) is 5.39. The third-order valence-corrected chi connectivity index (χ3v) is 5.41. The van der Waals surface area contributed by atoms with Crippen LogP contribution in [0.4, 0.5) is 0 Å². The van der Waals surface area contributed by atoms with Gasteiger partial charge in [-0.25, -0.2) is 0 Å². The zero-order valence-electron chi connectivity index (χ0n) is 17.1. The number of amides is 2. The van der Waals surface area contributed by atoms with Gasteiger partial charge >= 0.3 is 0 Å². The van der Waals surface area contributed by atoms with Gasteiger partial charge in [0.05, 0.1) is 0 Å². The van der Waals surface area contributed by atoms with Gasteiger partial charge in [-0.3, -0.25) is 9.59 Å². The quantitative estimate of drug-likeness (QED) is 0.527. The SMILES string of the molecule is CCNC(=O)[C@H](C)N(Cc1ccc(Br)cc1)C(=O)COc1cccc2ccccc12. The van der Waals surface area contributed by atoms with Crippen LogP contribution >= 0.6 is 15.9 Å². The van der Waals surface area contributed by atoms with E-state index in [0.29, 0.717) is 18.8 Å². The normalized spacial score (nSPS) is 11.7. The van der Waals surface area contributed by atoms with Gasteiger partial charge in [0.15, 0.2) is 6.61 Å². The van der Waals surface area contributed by atoms with Gasteiger partial charge in [0, 0.05) is 22.9 Å². The maximum Gasteiger partial charge on any atom is 0.261 e. The summed E-state index contributed by atoms with van der Waals surface area (Å²) >= 11 is 3.42. The fourth-order valence-corrected chi connectivity index (χ4v) is 3.50. The van der Waals surface area contributed by atoms with Crippen LogP contribution in [0.25, 0.3) is 10.8 Å². The summed E-state index contributed by atoms with van der Waals surface area (Å²) in [5.41, 5.74) is 0.938. The van der Waals surface area contributed by atoms with E-state index >= 15 is 0 Å². The number of carbonyl (C=O) groups excluding carboxylic acids is 2. The van der Waals surface area contributed by atoms with E-state index in [9.17, 15) is 9.59 Å². The van der Waals surface area contributed by atoms with Crippen molar-refractivity contribution in [1.29, 1.82) is 0 Å². The van der Waals surface area contributed by atoms with Crippen molar-refractivity contribution < 1.29 is 14.3 Å². The summed E-state index contributed by atoms with van der Waals surface area (Å²) in [6, 6.07) is 20.7. The van der Waals surface area contributed by atoms with Crippen LogP contribution in [0, 0.1) is 0 Å². The predicted octanol–water partition coefficient (Wildman–Crippen LogP) is 4.53. The van der Waals surface area contributed by atoms with E-state index in [2.05, 4.69) is 21.2 Å². The highest BCUT2D eigenvalue weighted by Gasteiger charge is 2.26. The first-order valence-electron chi connectivity index (χ1n) is 9.91. The second-order valence-electron chi connectivity index (χ2n) is 6.98. The molecule has 0 radical (unpaired) electrons. The molecular weight excluding hydrogens is 444 g/mol. The highest BCUT2D eigenvalue weighted by molar-refractivity contribution is 9.10. The number of fused-ring (bicyclic) bond motifs is 1. The monoisotopic (exact) mass is 468 g/mol. The topological polar surface area (TPSA) is 58.6 Å². The molecule has 156 valence electrons. The van der Waals surface area contributed by atoms with Crippen LogP contribution in [0.2, 0.25) is 0 Å². The maximum atomic E-state index is 13.1. The lowest BCUT2D eigenvalue weighted by molar-refractivity contribution is -0.142. The Kier molecular flexibility index (Phi) is 7.46. The van der Waals surface area contributed by atoms with Gasteiger partial charge in [-0.05, 0) is 43.0 Å². The molecule has 0 aromatic heterocycles. The van der Waals surface area contributed by atoms with Gasteiger partial charge in [-0.15, -0.1) is 0 Å². The Morgan fingerprint density at radius 2 is 1.73 bits per heavy atom. The van der Waals surface area contributed by atoms with E-state index in [-0.39, 0.29) is 18.4 Å². The van der Waals surface area contributed by atoms with Gasteiger partial charge in [0.25, 0.3) is 5.91 Å². The van der Waals surface area contributed by atoms with Crippen LogP contribution in [-0.2, 0) is 16.1 Å². The smallest absolute Gasteiger partial charge is 0.261 e. The summed E-state index contributed by atoms with van der Waals surface area (Å²) in [5.74, 6) is 0.216. The molecule has 30 heavy (non-hydrogen) atoms. The van der Waals surface area contributed by atoms with Crippen molar-refractivity contribution in [2.75, 3.05) is 13.2 Å². The number of halogens is 1. The minimum Gasteiger partial charge on any atom is -0.483 e. The highest BCUT2D eigenvalue weighted by Crippen LogP contribution is 2.25. The number of nitrogens with zero attached hydrogens (tertiary/aromatic N) is 1. The molecular formula is C24H25BrN2O3. The van der Waals surface area contributed by atoms with Crippen molar-refractivity contribution in [3.8, 4) is 5.75 Å². The van der Waals surface area contributed by atoms with Gasteiger partial charge in [-0.2, -0.15) is 0 Å². The lowest BCUT2D eigenvalue weighted by Crippen LogP contribution is -2.49. The minimum atomic E-state index is -0.614. The molecule has 0 bridgehead atoms. The average Bonchev–Trinajstić information content (AvgIpc) is 2.76. The minimum absolute atomic E-state index is 0.145. The Morgan fingerprint density at radius 1 is 1.03 bits per heavy atom. The van der Waals surface area contributed by atoms with Crippen molar-refractivity contribution in [2.45, 2.75) is 26.4 Å². The second kappa shape index (κ2) is 10.3. The van der Waals surface area contributed by atoms with E-state index in [1.165, 1.54) is 0 Å².